The number of carboxylic acid groups (broad SMARTS) is 1. The summed E-state index contributed by atoms with van der Waals surface area (Å²) in [6, 6.07) is 15.8. The molecule has 0 heterocycles. The molecule has 0 spiro atoms. The monoisotopic (exact) mass is 254 g/mol. The van der Waals surface area contributed by atoms with Crippen LogP contribution in [0.15, 0.2) is 48.5 Å². The van der Waals surface area contributed by atoms with Crippen molar-refractivity contribution in [3.8, 4) is 0 Å². The maximum Gasteiger partial charge on any atom is 0.335 e. The molecule has 0 unspecified atom stereocenters. The Balaban J connectivity index is 1.95. The van der Waals surface area contributed by atoms with Crippen molar-refractivity contribution in [2.45, 2.75) is 26.2 Å². The van der Waals surface area contributed by atoms with Gasteiger partial charge in [0.05, 0.1) is 5.56 Å². The Morgan fingerprint density at radius 3 is 1.68 bits per heavy atom. The van der Waals surface area contributed by atoms with E-state index in [9.17, 15) is 4.79 Å². The molecule has 0 saturated heterocycles. The van der Waals surface area contributed by atoms with Crippen molar-refractivity contribution in [2.75, 3.05) is 0 Å². The smallest absolute Gasteiger partial charge is 0.335 e. The van der Waals surface area contributed by atoms with Gasteiger partial charge in [-0.3, -0.25) is 0 Å². The van der Waals surface area contributed by atoms with Crippen molar-refractivity contribution >= 4 is 5.97 Å². The Morgan fingerprint density at radius 2 is 1.26 bits per heavy atom. The van der Waals surface area contributed by atoms with Gasteiger partial charge >= 0.3 is 5.97 Å². The molecule has 0 radical (unpaired) electrons. The number of benzene rings is 2. The molecule has 2 rings (SSSR count). The minimum atomic E-state index is -0.873. The highest BCUT2D eigenvalue weighted by molar-refractivity contribution is 5.87. The molecule has 0 amide bonds. The molecule has 2 heteroatoms. The Hall–Kier alpha value is -2.09. The second-order valence-corrected chi connectivity index (χ2v) is 4.67. The van der Waals surface area contributed by atoms with Crippen LogP contribution in [0, 0.1) is 0 Å². The van der Waals surface area contributed by atoms with E-state index in [4.69, 9.17) is 5.11 Å². The predicted octanol–water partition coefficient (Wildman–Crippen LogP) is 3.73. The van der Waals surface area contributed by atoms with Crippen LogP contribution in [0.1, 0.15) is 34.0 Å². The molecular formula is C17H18O2. The van der Waals surface area contributed by atoms with Crippen molar-refractivity contribution in [2.24, 2.45) is 0 Å². The summed E-state index contributed by atoms with van der Waals surface area (Å²) in [5.74, 6) is -0.873. The molecule has 0 atom stereocenters. The Bertz CT molecular complexity index is 538. The van der Waals surface area contributed by atoms with Crippen LogP contribution in [0.2, 0.25) is 0 Å². The molecule has 0 bridgehead atoms. The van der Waals surface area contributed by atoms with E-state index in [0.29, 0.717) is 5.56 Å². The van der Waals surface area contributed by atoms with E-state index in [1.54, 1.807) is 12.1 Å². The minimum Gasteiger partial charge on any atom is -0.478 e. The number of rotatable bonds is 5. The molecule has 0 saturated carbocycles. The lowest BCUT2D eigenvalue weighted by Gasteiger charge is -2.04. The molecule has 0 fully saturated rings. The summed E-state index contributed by atoms with van der Waals surface area (Å²) in [6.07, 6.45) is 2.98. The molecule has 2 nitrogen and oxygen atoms in total. The molecule has 1 N–H and O–H groups in total. The fourth-order valence-corrected chi connectivity index (χ4v) is 2.04. The molecule has 0 aliphatic rings. The van der Waals surface area contributed by atoms with Gasteiger partial charge < -0.3 is 5.11 Å². The van der Waals surface area contributed by atoms with Gasteiger partial charge in [0.1, 0.15) is 0 Å². The number of aromatic carboxylic acids is 1. The zero-order valence-corrected chi connectivity index (χ0v) is 11.1. The topological polar surface area (TPSA) is 37.3 Å². The maximum atomic E-state index is 10.8. The van der Waals surface area contributed by atoms with Gasteiger partial charge in [-0.25, -0.2) is 4.79 Å². The van der Waals surface area contributed by atoms with E-state index in [1.165, 1.54) is 16.7 Å². The minimum absolute atomic E-state index is 0.344. The standard InChI is InChI=1S/C17H18O2/c1-2-13-3-5-14(6-4-13)7-8-15-9-11-16(12-10-15)17(18)19/h3-6,9-12H,2,7-8H2,1H3,(H,18,19). The van der Waals surface area contributed by atoms with Gasteiger partial charge in [-0.1, -0.05) is 43.3 Å². The van der Waals surface area contributed by atoms with Crippen LogP contribution in [-0.4, -0.2) is 11.1 Å². The van der Waals surface area contributed by atoms with Gasteiger partial charge in [0.15, 0.2) is 0 Å². The molecular weight excluding hydrogens is 236 g/mol. The van der Waals surface area contributed by atoms with E-state index in [-0.39, 0.29) is 0 Å². The van der Waals surface area contributed by atoms with Crippen LogP contribution in [-0.2, 0) is 19.3 Å². The molecule has 0 aliphatic heterocycles. The van der Waals surface area contributed by atoms with E-state index in [2.05, 4.69) is 31.2 Å². The first kappa shape index (κ1) is 13.3. The van der Waals surface area contributed by atoms with Crippen LogP contribution < -0.4 is 0 Å². The quantitative estimate of drug-likeness (QED) is 0.882. The van der Waals surface area contributed by atoms with Gasteiger partial charge in [-0.05, 0) is 48.1 Å². The normalized spacial score (nSPS) is 10.4. The number of carbonyl (C=O) groups is 1. The van der Waals surface area contributed by atoms with Crippen LogP contribution in [0.25, 0.3) is 0 Å². The lowest BCUT2D eigenvalue weighted by molar-refractivity contribution is 0.0697. The van der Waals surface area contributed by atoms with Gasteiger partial charge in [0, 0.05) is 0 Å². The molecule has 98 valence electrons. The molecule has 19 heavy (non-hydrogen) atoms. The highest BCUT2D eigenvalue weighted by atomic mass is 16.4. The second-order valence-electron chi connectivity index (χ2n) is 4.67. The van der Waals surface area contributed by atoms with Crippen molar-refractivity contribution < 1.29 is 9.90 Å². The van der Waals surface area contributed by atoms with Crippen molar-refractivity contribution in [1.82, 2.24) is 0 Å². The summed E-state index contributed by atoms with van der Waals surface area (Å²) in [7, 11) is 0. The lowest BCUT2D eigenvalue weighted by Crippen LogP contribution is -1.97. The fourth-order valence-electron chi connectivity index (χ4n) is 2.04. The van der Waals surface area contributed by atoms with Crippen molar-refractivity contribution in [1.29, 1.82) is 0 Å². The SMILES string of the molecule is CCc1ccc(CCc2ccc(C(=O)O)cc2)cc1. The maximum absolute atomic E-state index is 10.8. The zero-order valence-electron chi connectivity index (χ0n) is 11.1. The number of carboxylic acids is 1. The van der Waals surface area contributed by atoms with Crippen LogP contribution in [0.3, 0.4) is 0 Å². The summed E-state index contributed by atoms with van der Waals surface area (Å²) in [5.41, 5.74) is 4.19. The van der Waals surface area contributed by atoms with Crippen LogP contribution >= 0.6 is 0 Å². The first-order valence-corrected chi connectivity index (χ1v) is 6.59. The van der Waals surface area contributed by atoms with E-state index >= 15 is 0 Å². The first-order valence-electron chi connectivity index (χ1n) is 6.59. The van der Waals surface area contributed by atoms with Gasteiger partial charge in [0.25, 0.3) is 0 Å². The molecule has 0 aromatic heterocycles. The Morgan fingerprint density at radius 1 is 0.842 bits per heavy atom. The predicted molar refractivity (Wildman–Crippen MR) is 76.6 cm³/mol. The van der Waals surface area contributed by atoms with Crippen molar-refractivity contribution in [3.63, 3.8) is 0 Å². The molecule has 2 aromatic rings. The average molecular weight is 254 g/mol. The number of hydrogen-bond donors (Lipinski definition) is 1. The number of hydrogen-bond acceptors (Lipinski definition) is 1. The largest absolute Gasteiger partial charge is 0.478 e. The lowest BCUT2D eigenvalue weighted by atomic mass is 10.0. The third-order valence-corrected chi connectivity index (χ3v) is 3.33. The third-order valence-electron chi connectivity index (χ3n) is 3.33. The summed E-state index contributed by atoms with van der Waals surface area (Å²) >= 11 is 0. The van der Waals surface area contributed by atoms with E-state index in [0.717, 1.165) is 19.3 Å². The van der Waals surface area contributed by atoms with Gasteiger partial charge in [0.2, 0.25) is 0 Å². The summed E-state index contributed by atoms with van der Waals surface area (Å²) in [5, 5.41) is 8.83. The summed E-state index contributed by atoms with van der Waals surface area (Å²) in [4.78, 5) is 10.8. The fraction of sp³-hybridized carbons (Fsp3) is 0.235. The molecule has 2 aromatic carbocycles. The first-order chi connectivity index (χ1) is 9.19. The van der Waals surface area contributed by atoms with E-state index < -0.39 is 5.97 Å². The van der Waals surface area contributed by atoms with Crippen LogP contribution in [0.4, 0.5) is 0 Å². The van der Waals surface area contributed by atoms with Gasteiger partial charge in [-0.15, -0.1) is 0 Å². The zero-order chi connectivity index (χ0) is 13.7. The van der Waals surface area contributed by atoms with E-state index in [1.807, 2.05) is 12.1 Å². The highest BCUT2D eigenvalue weighted by Crippen LogP contribution is 2.11. The summed E-state index contributed by atoms with van der Waals surface area (Å²) in [6.45, 7) is 2.15. The van der Waals surface area contributed by atoms with Gasteiger partial charge in [-0.2, -0.15) is 0 Å². The number of aryl methyl sites for hydroxylation is 3. The second kappa shape index (κ2) is 6.19. The highest BCUT2D eigenvalue weighted by Gasteiger charge is 2.02. The molecule has 0 aliphatic carbocycles. The third kappa shape index (κ3) is 3.68. The summed E-state index contributed by atoms with van der Waals surface area (Å²) < 4.78 is 0. The Kier molecular flexibility index (Phi) is 4.35. The van der Waals surface area contributed by atoms with Crippen molar-refractivity contribution in [3.05, 3.63) is 70.8 Å². The average Bonchev–Trinajstić information content (AvgIpc) is 2.46. The Labute approximate surface area is 113 Å². The van der Waals surface area contributed by atoms with Crippen LogP contribution in [0.5, 0.6) is 0 Å².